The summed E-state index contributed by atoms with van der Waals surface area (Å²) in [5, 5.41) is 3.11. The van der Waals surface area contributed by atoms with Crippen molar-refractivity contribution in [3.63, 3.8) is 0 Å². The molecular weight excluding hydrogens is 439 g/mol. The fourth-order valence-corrected chi connectivity index (χ4v) is 4.23. The van der Waals surface area contributed by atoms with Crippen LogP contribution in [0.15, 0.2) is 34.7 Å². The van der Waals surface area contributed by atoms with E-state index in [4.69, 9.17) is 4.42 Å². The Hall–Kier alpha value is -2.09. The third kappa shape index (κ3) is 5.99. The highest BCUT2D eigenvalue weighted by atomic mass is 35.5. The average molecular weight is 469 g/mol. The summed E-state index contributed by atoms with van der Waals surface area (Å²) in [5.41, 5.74) is 1.84. The van der Waals surface area contributed by atoms with Gasteiger partial charge in [0.1, 0.15) is 0 Å². The first-order chi connectivity index (χ1) is 14.1. The summed E-state index contributed by atoms with van der Waals surface area (Å²) in [7, 11) is 0. The van der Waals surface area contributed by atoms with Gasteiger partial charge >= 0.3 is 0 Å². The Morgan fingerprint density at radius 3 is 2.74 bits per heavy atom. The monoisotopic (exact) mass is 468 g/mol. The molecular formula is C22H30Cl2N4O3. The third-order valence-corrected chi connectivity index (χ3v) is 5.75. The third-order valence-electron chi connectivity index (χ3n) is 5.75. The van der Waals surface area contributed by atoms with Gasteiger partial charge in [-0.15, -0.1) is 24.8 Å². The normalized spacial score (nSPS) is 18.9. The predicted molar refractivity (Wildman–Crippen MR) is 124 cm³/mol. The molecule has 9 heteroatoms. The number of oxazole rings is 1. The van der Waals surface area contributed by atoms with Crippen LogP contribution in [0.4, 0.5) is 0 Å². The van der Waals surface area contributed by atoms with Crippen LogP contribution in [0.5, 0.6) is 0 Å². The van der Waals surface area contributed by atoms with Crippen LogP contribution in [-0.4, -0.2) is 65.4 Å². The molecule has 0 saturated carbocycles. The molecule has 2 aromatic rings. The number of halogens is 2. The van der Waals surface area contributed by atoms with Crippen LogP contribution in [-0.2, 0) is 16.0 Å². The van der Waals surface area contributed by atoms with E-state index < -0.39 is 0 Å². The highest BCUT2D eigenvalue weighted by Crippen LogP contribution is 2.25. The smallest absolute Gasteiger partial charge is 0.236 e. The zero-order valence-electron chi connectivity index (χ0n) is 17.7. The maximum Gasteiger partial charge on any atom is 0.236 e. The van der Waals surface area contributed by atoms with Crippen molar-refractivity contribution in [2.45, 2.75) is 38.6 Å². The highest BCUT2D eigenvalue weighted by molar-refractivity contribution is 5.85. The standard InChI is InChI=1S/C22H28N4O3.2ClH/c1-16-22(17-6-3-2-4-7-17)29-19(24-16)9-10-20(27)25-12-5-8-18(15-25)26-13-11-23-14-21(26)28;;/h2-4,6-7,18,23H,5,8-15H2,1H3;2*1H. The Labute approximate surface area is 195 Å². The Morgan fingerprint density at radius 2 is 2.00 bits per heavy atom. The Kier molecular flexibility index (Phi) is 9.34. The van der Waals surface area contributed by atoms with Crippen LogP contribution in [0.25, 0.3) is 11.3 Å². The second-order valence-corrected chi connectivity index (χ2v) is 7.79. The summed E-state index contributed by atoms with van der Waals surface area (Å²) in [5.74, 6) is 1.61. The van der Waals surface area contributed by atoms with Gasteiger partial charge in [0.15, 0.2) is 11.7 Å². The Morgan fingerprint density at radius 1 is 1.23 bits per heavy atom. The summed E-state index contributed by atoms with van der Waals surface area (Å²) in [6, 6.07) is 10.0. The van der Waals surface area contributed by atoms with E-state index >= 15 is 0 Å². The van der Waals surface area contributed by atoms with Gasteiger partial charge in [-0.05, 0) is 19.8 Å². The minimum atomic E-state index is 0. The molecule has 2 saturated heterocycles. The largest absolute Gasteiger partial charge is 0.440 e. The fraction of sp³-hybridized carbons (Fsp3) is 0.500. The molecule has 0 bridgehead atoms. The number of aryl methyl sites for hydroxylation is 2. The molecule has 1 unspecified atom stereocenters. The van der Waals surface area contributed by atoms with Crippen molar-refractivity contribution >= 4 is 36.6 Å². The van der Waals surface area contributed by atoms with Crippen molar-refractivity contribution in [3.8, 4) is 11.3 Å². The fourth-order valence-electron chi connectivity index (χ4n) is 4.23. The van der Waals surface area contributed by atoms with E-state index in [1.165, 1.54) is 0 Å². The van der Waals surface area contributed by atoms with Crippen LogP contribution in [0, 0.1) is 6.92 Å². The second-order valence-electron chi connectivity index (χ2n) is 7.79. The number of rotatable bonds is 5. The van der Waals surface area contributed by atoms with Crippen molar-refractivity contribution in [2.24, 2.45) is 0 Å². The van der Waals surface area contributed by atoms with Gasteiger partial charge < -0.3 is 19.5 Å². The molecule has 0 spiro atoms. The summed E-state index contributed by atoms with van der Waals surface area (Å²) >= 11 is 0. The van der Waals surface area contributed by atoms with Crippen molar-refractivity contribution < 1.29 is 14.0 Å². The molecule has 0 radical (unpaired) electrons. The quantitative estimate of drug-likeness (QED) is 0.729. The zero-order valence-corrected chi connectivity index (χ0v) is 19.3. The van der Waals surface area contributed by atoms with E-state index in [0.717, 1.165) is 49.5 Å². The number of aromatic nitrogens is 1. The lowest BCUT2D eigenvalue weighted by molar-refractivity contribution is -0.140. The van der Waals surface area contributed by atoms with Gasteiger partial charge in [-0.2, -0.15) is 0 Å². The lowest BCUT2D eigenvalue weighted by atomic mass is 10.0. The minimum absolute atomic E-state index is 0. The van der Waals surface area contributed by atoms with Crippen molar-refractivity contribution in [1.29, 1.82) is 0 Å². The van der Waals surface area contributed by atoms with Crippen LogP contribution >= 0.6 is 24.8 Å². The van der Waals surface area contributed by atoms with Crippen LogP contribution in [0.3, 0.4) is 0 Å². The topological polar surface area (TPSA) is 78.7 Å². The van der Waals surface area contributed by atoms with Crippen LogP contribution in [0.2, 0.25) is 0 Å². The molecule has 170 valence electrons. The van der Waals surface area contributed by atoms with Gasteiger partial charge in [-0.1, -0.05) is 30.3 Å². The molecule has 4 rings (SSSR count). The molecule has 31 heavy (non-hydrogen) atoms. The summed E-state index contributed by atoms with van der Waals surface area (Å²) in [4.78, 5) is 33.3. The van der Waals surface area contributed by atoms with E-state index in [1.54, 1.807) is 0 Å². The van der Waals surface area contributed by atoms with Gasteiger partial charge in [0.2, 0.25) is 11.8 Å². The minimum Gasteiger partial charge on any atom is -0.440 e. The van der Waals surface area contributed by atoms with E-state index in [0.29, 0.717) is 31.8 Å². The highest BCUT2D eigenvalue weighted by Gasteiger charge is 2.31. The Balaban J connectivity index is 0.00000171. The van der Waals surface area contributed by atoms with Crippen molar-refractivity contribution in [3.05, 3.63) is 41.9 Å². The number of benzene rings is 1. The number of hydrogen-bond acceptors (Lipinski definition) is 5. The number of amides is 2. The van der Waals surface area contributed by atoms with E-state index in [2.05, 4.69) is 10.3 Å². The number of nitrogens with one attached hydrogen (secondary N) is 1. The lowest BCUT2D eigenvalue weighted by Gasteiger charge is -2.41. The summed E-state index contributed by atoms with van der Waals surface area (Å²) in [6.07, 6.45) is 2.76. The first kappa shape index (κ1) is 25.2. The van der Waals surface area contributed by atoms with Crippen molar-refractivity contribution in [2.75, 3.05) is 32.7 Å². The van der Waals surface area contributed by atoms with Gasteiger partial charge in [-0.3, -0.25) is 9.59 Å². The second kappa shape index (κ2) is 11.5. The molecule has 2 aliphatic rings. The number of carbonyl (C=O) groups is 2. The Bertz CT molecular complexity index is 875. The zero-order chi connectivity index (χ0) is 20.2. The molecule has 2 amide bonds. The van der Waals surface area contributed by atoms with Crippen molar-refractivity contribution in [1.82, 2.24) is 20.1 Å². The van der Waals surface area contributed by atoms with E-state index in [1.807, 2.05) is 47.1 Å². The van der Waals surface area contributed by atoms with E-state index in [9.17, 15) is 9.59 Å². The molecule has 3 heterocycles. The van der Waals surface area contributed by atoms with Crippen LogP contribution < -0.4 is 5.32 Å². The maximum atomic E-state index is 12.8. The van der Waals surface area contributed by atoms with Gasteiger partial charge in [0.25, 0.3) is 0 Å². The number of piperazine rings is 1. The molecule has 1 N–H and O–H groups in total. The molecule has 0 aliphatic carbocycles. The van der Waals surface area contributed by atoms with Gasteiger partial charge in [0, 0.05) is 50.6 Å². The molecule has 1 aromatic heterocycles. The van der Waals surface area contributed by atoms with Crippen LogP contribution in [0.1, 0.15) is 30.8 Å². The molecule has 2 aliphatic heterocycles. The van der Waals surface area contributed by atoms with Gasteiger partial charge in [0.05, 0.1) is 12.2 Å². The first-order valence-electron chi connectivity index (χ1n) is 10.4. The average Bonchev–Trinajstić information content (AvgIpc) is 3.13. The van der Waals surface area contributed by atoms with E-state index in [-0.39, 0.29) is 42.7 Å². The molecule has 1 atom stereocenters. The number of hydrogen-bond donors (Lipinski definition) is 1. The number of carbonyl (C=O) groups excluding carboxylic acids is 2. The number of likely N-dealkylation sites (tertiary alicyclic amines) is 1. The number of piperidine rings is 1. The van der Waals surface area contributed by atoms with Gasteiger partial charge in [-0.25, -0.2) is 4.98 Å². The predicted octanol–water partition coefficient (Wildman–Crippen LogP) is 2.85. The molecule has 1 aromatic carbocycles. The lowest BCUT2D eigenvalue weighted by Crippen LogP contribution is -2.57. The number of nitrogens with zero attached hydrogens (tertiary/aromatic N) is 3. The summed E-state index contributed by atoms with van der Waals surface area (Å²) < 4.78 is 5.93. The first-order valence-corrected chi connectivity index (χ1v) is 10.4. The molecule has 2 fully saturated rings. The molecule has 7 nitrogen and oxygen atoms in total. The summed E-state index contributed by atoms with van der Waals surface area (Å²) in [6.45, 7) is 5.27. The SMILES string of the molecule is Cc1nc(CCC(=O)N2CCCC(N3CCNCC3=O)C2)oc1-c1ccccc1.Cl.Cl. The maximum absolute atomic E-state index is 12.8.